The number of amides is 1. The summed E-state index contributed by atoms with van der Waals surface area (Å²) in [5.74, 6) is 1.78. The molecule has 0 aliphatic heterocycles. The van der Waals surface area contributed by atoms with Gasteiger partial charge < -0.3 is 14.6 Å². The number of rotatable bonds is 11. The number of carbonyl (C=O) groups is 1. The first-order chi connectivity index (χ1) is 19.1. The molecule has 5 rings (SSSR count). The second-order valence-electron chi connectivity index (χ2n) is 10.0. The molecule has 39 heavy (non-hydrogen) atoms. The van der Waals surface area contributed by atoms with E-state index in [0.29, 0.717) is 13.0 Å². The minimum absolute atomic E-state index is 0.0138. The zero-order chi connectivity index (χ0) is 27.0. The molecule has 198 valence electrons. The van der Waals surface area contributed by atoms with E-state index >= 15 is 0 Å². The molecular formula is C34H35N3O2. The minimum Gasteiger partial charge on any atom is -0.494 e. The highest BCUT2D eigenvalue weighted by Gasteiger charge is 2.18. The van der Waals surface area contributed by atoms with Crippen LogP contribution < -0.4 is 10.1 Å². The lowest BCUT2D eigenvalue weighted by Gasteiger charge is -2.17. The second-order valence-corrected chi connectivity index (χ2v) is 10.0. The Bertz CT molecular complexity index is 1520. The van der Waals surface area contributed by atoms with Gasteiger partial charge in [-0.3, -0.25) is 4.79 Å². The summed E-state index contributed by atoms with van der Waals surface area (Å²) in [5, 5.41) is 3.17. The van der Waals surface area contributed by atoms with Crippen LogP contribution in [0.1, 0.15) is 42.8 Å². The molecule has 5 nitrogen and oxygen atoms in total. The first-order valence-electron chi connectivity index (χ1n) is 13.7. The molecule has 1 unspecified atom stereocenters. The number of benzene rings is 4. The fourth-order valence-corrected chi connectivity index (χ4v) is 4.91. The molecule has 0 spiro atoms. The Morgan fingerprint density at radius 2 is 1.62 bits per heavy atom. The second kappa shape index (κ2) is 12.4. The normalized spacial score (nSPS) is 11.8. The van der Waals surface area contributed by atoms with E-state index in [2.05, 4.69) is 59.3 Å². The molecule has 5 heteroatoms. The zero-order valence-electron chi connectivity index (χ0n) is 22.6. The number of unbranched alkanes of at least 4 members (excludes halogenated alkanes) is 1. The van der Waals surface area contributed by atoms with Crippen molar-refractivity contribution in [2.24, 2.45) is 0 Å². The summed E-state index contributed by atoms with van der Waals surface area (Å²) in [6.45, 7) is 5.56. The molecule has 0 saturated heterocycles. The Morgan fingerprint density at radius 1 is 0.872 bits per heavy atom. The van der Waals surface area contributed by atoms with Crippen LogP contribution in [-0.2, 0) is 17.8 Å². The van der Waals surface area contributed by atoms with Crippen molar-refractivity contribution in [1.29, 1.82) is 0 Å². The summed E-state index contributed by atoms with van der Waals surface area (Å²) in [4.78, 5) is 17.9. The van der Waals surface area contributed by atoms with Gasteiger partial charge in [-0.15, -0.1) is 0 Å². The predicted molar refractivity (Wildman–Crippen MR) is 158 cm³/mol. The molecule has 1 amide bonds. The van der Waals surface area contributed by atoms with Gasteiger partial charge in [0, 0.05) is 6.54 Å². The van der Waals surface area contributed by atoms with E-state index < -0.39 is 0 Å². The molecule has 0 saturated carbocycles. The molecule has 1 aromatic heterocycles. The molecule has 0 fully saturated rings. The van der Waals surface area contributed by atoms with Crippen LogP contribution in [0.2, 0.25) is 0 Å². The van der Waals surface area contributed by atoms with Gasteiger partial charge in [-0.25, -0.2) is 4.98 Å². The fraction of sp³-hybridized carbons (Fsp3) is 0.235. The highest BCUT2D eigenvalue weighted by atomic mass is 16.5. The third-order valence-electron chi connectivity index (χ3n) is 6.91. The van der Waals surface area contributed by atoms with Gasteiger partial charge in [0.05, 0.1) is 30.1 Å². The average molecular weight is 518 g/mol. The molecule has 0 radical (unpaired) electrons. The number of aromatic nitrogens is 2. The number of imidazole rings is 1. The maximum atomic E-state index is 13.0. The van der Waals surface area contributed by atoms with Crippen LogP contribution in [0.25, 0.3) is 22.2 Å². The smallest absolute Gasteiger partial charge is 0.224 e. The van der Waals surface area contributed by atoms with Crippen LogP contribution in [0.4, 0.5) is 0 Å². The van der Waals surface area contributed by atoms with Crippen LogP contribution in [0.15, 0.2) is 103 Å². The standard InChI is InChI=1S/C34H35N3O2/c1-25-11-10-14-30(23-25)39-22-9-8-21-37-32-16-7-6-15-31(32)36-34(37)26(2)35-33(38)24-27-17-19-29(20-18-27)28-12-4-3-5-13-28/h3-7,10-20,23,26H,8-9,21-22,24H2,1-2H3,(H,35,38). The molecule has 0 aliphatic rings. The lowest BCUT2D eigenvalue weighted by molar-refractivity contribution is -0.121. The van der Waals surface area contributed by atoms with E-state index in [4.69, 9.17) is 9.72 Å². The molecular weight excluding hydrogens is 482 g/mol. The van der Waals surface area contributed by atoms with Crippen LogP contribution in [0.3, 0.4) is 0 Å². The Labute approximate surface area is 230 Å². The Hall–Kier alpha value is -4.38. The zero-order valence-corrected chi connectivity index (χ0v) is 22.6. The van der Waals surface area contributed by atoms with Crippen LogP contribution in [-0.4, -0.2) is 22.1 Å². The fourth-order valence-electron chi connectivity index (χ4n) is 4.91. The van der Waals surface area contributed by atoms with Gasteiger partial charge in [0.2, 0.25) is 5.91 Å². The van der Waals surface area contributed by atoms with Gasteiger partial charge in [-0.2, -0.15) is 0 Å². The minimum atomic E-state index is -0.211. The van der Waals surface area contributed by atoms with Crippen molar-refractivity contribution in [1.82, 2.24) is 14.9 Å². The van der Waals surface area contributed by atoms with Gasteiger partial charge >= 0.3 is 0 Å². The lowest BCUT2D eigenvalue weighted by Crippen LogP contribution is -2.30. The van der Waals surface area contributed by atoms with Crippen molar-refractivity contribution >= 4 is 16.9 Å². The summed E-state index contributed by atoms with van der Waals surface area (Å²) < 4.78 is 8.17. The monoisotopic (exact) mass is 517 g/mol. The number of hydrogen-bond acceptors (Lipinski definition) is 3. The molecule has 1 heterocycles. The Balaban J connectivity index is 1.20. The van der Waals surface area contributed by atoms with Crippen molar-refractivity contribution in [3.63, 3.8) is 0 Å². The van der Waals surface area contributed by atoms with Crippen molar-refractivity contribution in [2.45, 2.75) is 45.7 Å². The number of nitrogens with one attached hydrogen (secondary N) is 1. The molecule has 0 aliphatic carbocycles. The van der Waals surface area contributed by atoms with E-state index in [0.717, 1.165) is 53.1 Å². The van der Waals surface area contributed by atoms with E-state index in [1.165, 1.54) is 11.1 Å². The summed E-state index contributed by atoms with van der Waals surface area (Å²) in [5.41, 5.74) is 6.53. The third-order valence-corrected chi connectivity index (χ3v) is 6.91. The average Bonchev–Trinajstić information content (AvgIpc) is 3.32. The number of para-hydroxylation sites is 2. The van der Waals surface area contributed by atoms with Crippen molar-refractivity contribution in [3.05, 3.63) is 120 Å². The SMILES string of the molecule is Cc1cccc(OCCCCn2c(C(C)NC(=O)Cc3ccc(-c4ccccc4)cc3)nc3ccccc32)c1. The van der Waals surface area contributed by atoms with E-state index in [-0.39, 0.29) is 11.9 Å². The summed E-state index contributed by atoms with van der Waals surface area (Å²) in [6.07, 6.45) is 2.21. The quantitative estimate of drug-likeness (QED) is 0.187. The van der Waals surface area contributed by atoms with Gasteiger partial charge in [0.15, 0.2) is 0 Å². The van der Waals surface area contributed by atoms with Gasteiger partial charge in [-0.1, -0.05) is 78.9 Å². The number of aryl methyl sites for hydroxylation is 2. The largest absolute Gasteiger partial charge is 0.494 e. The number of fused-ring (bicyclic) bond motifs is 1. The molecule has 1 atom stereocenters. The third kappa shape index (κ3) is 6.74. The molecule has 4 aromatic carbocycles. The summed E-state index contributed by atoms with van der Waals surface area (Å²) in [6, 6.07) is 34.6. The van der Waals surface area contributed by atoms with Crippen molar-refractivity contribution in [2.75, 3.05) is 6.61 Å². The van der Waals surface area contributed by atoms with E-state index in [1.54, 1.807) is 0 Å². The number of carbonyl (C=O) groups excluding carboxylic acids is 1. The Morgan fingerprint density at radius 3 is 2.41 bits per heavy atom. The summed E-state index contributed by atoms with van der Waals surface area (Å²) >= 11 is 0. The van der Waals surface area contributed by atoms with E-state index in [9.17, 15) is 4.79 Å². The van der Waals surface area contributed by atoms with Crippen LogP contribution in [0.5, 0.6) is 5.75 Å². The number of nitrogens with zero attached hydrogens (tertiary/aromatic N) is 2. The molecule has 0 bridgehead atoms. The van der Waals surface area contributed by atoms with Crippen LogP contribution >= 0.6 is 0 Å². The Kier molecular flexibility index (Phi) is 8.37. The first-order valence-corrected chi connectivity index (χ1v) is 13.7. The van der Waals surface area contributed by atoms with Gasteiger partial charge in [0.1, 0.15) is 11.6 Å². The summed E-state index contributed by atoms with van der Waals surface area (Å²) in [7, 11) is 0. The first kappa shape index (κ1) is 26.2. The predicted octanol–water partition coefficient (Wildman–Crippen LogP) is 7.29. The number of ether oxygens (including phenoxy) is 1. The van der Waals surface area contributed by atoms with Crippen molar-refractivity contribution < 1.29 is 9.53 Å². The highest BCUT2D eigenvalue weighted by molar-refractivity contribution is 5.80. The maximum Gasteiger partial charge on any atom is 0.224 e. The maximum absolute atomic E-state index is 13.0. The van der Waals surface area contributed by atoms with Crippen molar-refractivity contribution in [3.8, 4) is 16.9 Å². The highest BCUT2D eigenvalue weighted by Crippen LogP contribution is 2.23. The molecule has 5 aromatic rings. The van der Waals surface area contributed by atoms with E-state index in [1.807, 2.05) is 67.6 Å². The van der Waals surface area contributed by atoms with Gasteiger partial charge in [0.25, 0.3) is 0 Å². The molecule has 1 N–H and O–H groups in total. The number of hydrogen-bond donors (Lipinski definition) is 1. The van der Waals surface area contributed by atoms with Gasteiger partial charge in [-0.05, 0) is 73.2 Å². The van der Waals surface area contributed by atoms with Crippen LogP contribution in [0, 0.1) is 6.92 Å². The topological polar surface area (TPSA) is 56.1 Å². The lowest BCUT2D eigenvalue weighted by atomic mass is 10.0.